The highest BCUT2D eigenvalue weighted by Gasteiger charge is 2.43. The molecule has 5 nitrogen and oxygen atoms in total. The van der Waals surface area contributed by atoms with E-state index in [2.05, 4.69) is 6.07 Å². The second-order valence-corrected chi connectivity index (χ2v) is 10.0. The van der Waals surface area contributed by atoms with Crippen LogP contribution >= 0.6 is 0 Å². The fourth-order valence-corrected chi connectivity index (χ4v) is 4.46. The molecule has 0 saturated carbocycles. The number of hydrogen-bond acceptors (Lipinski definition) is 4. The van der Waals surface area contributed by atoms with Gasteiger partial charge in [-0.2, -0.15) is 0 Å². The number of carboxylic acids is 1. The lowest BCUT2D eigenvalue weighted by molar-refractivity contribution is -0.143. The van der Waals surface area contributed by atoms with Crippen molar-refractivity contribution < 1.29 is 19.4 Å². The first-order valence-electron chi connectivity index (χ1n) is 11.6. The molecular formula is C29H31NO4. The fraction of sp³-hybridized carbons (Fsp3) is 0.310. The summed E-state index contributed by atoms with van der Waals surface area (Å²) in [7, 11) is 0. The number of para-hydroxylation sites is 1. The van der Waals surface area contributed by atoms with Crippen LogP contribution in [0.4, 0.5) is 5.69 Å². The molecule has 0 saturated heterocycles. The molecule has 1 atom stereocenters. The molecule has 1 heterocycles. The summed E-state index contributed by atoms with van der Waals surface area (Å²) in [5.74, 6) is -1.17. The van der Waals surface area contributed by atoms with Gasteiger partial charge in [-0.1, -0.05) is 60.7 Å². The van der Waals surface area contributed by atoms with E-state index in [1.807, 2.05) is 86.3 Å². The van der Waals surface area contributed by atoms with Crippen molar-refractivity contribution in [3.63, 3.8) is 0 Å². The lowest BCUT2D eigenvalue weighted by Crippen LogP contribution is -2.55. The zero-order chi connectivity index (χ0) is 24.5. The summed E-state index contributed by atoms with van der Waals surface area (Å²) in [5, 5.41) is 10.0. The molecule has 1 aliphatic rings. The number of rotatable bonds is 5. The Balaban J connectivity index is 1.63. The van der Waals surface area contributed by atoms with Gasteiger partial charge in [0.05, 0.1) is 5.56 Å². The molecule has 1 N–H and O–H groups in total. The summed E-state index contributed by atoms with van der Waals surface area (Å²) >= 11 is 0. The van der Waals surface area contributed by atoms with Gasteiger partial charge in [0, 0.05) is 12.2 Å². The van der Waals surface area contributed by atoms with Crippen LogP contribution in [0.2, 0.25) is 0 Å². The number of aliphatic carboxylic acids is 1. The highest BCUT2D eigenvalue weighted by atomic mass is 16.6. The van der Waals surface area contributed by atoms with Gasteiger partial charge in [-0.3, -0.25) is 0 Å². The number of nitrogens with zero attached hydrogens (tertiary/aromatic N) is 1. The van der Waals surface area contributed by atoms with Crippen LogP contribution in [0.3, 0.4) is 0 Å². The fourth-order valence-electron chi connectivity index (χ4n) is 4.46. The smallest absolute Gasteiger partial charge is 0.339 e. The number of carbonyl (C=O) groups excluding carboxylic acids is 1. The van der Waals surface area contributed by atoms with E-state index in [4.69, 9.17) is 4.74 Å². The monoisotopic (exact) mass is 457 g/mol. The molecule has 176 valence electrons. The summed E-state index contributed by atoms with van der Waals surface area (Å²) in [6.45, 7) is 7.84. The molecule has 1 unspecified atom stereocenters. The minimum atomic E-state index is -0.976. The van der Waals surface area contributed by atoms with Crippen LogP contribution in [0.25, 0.3) is 11.1 Å². The molecule has 0 aromatic heterocycles. The molecule has 0 radical (unpaired) electrons. The Morgan fingerprint density at radius 2 is 1.62 bits per heavy atom. The number of carbonyl (C=O) groups is 2. The Morgan fingerprint density at radius 3 is 2.29 bits per heavy atom. The summed E-state index contributed by atoms with van der Waals surface area (Å²) in [6, 6.07) is 23.4. The van der Waals surface area contributed by atoms with Gasteiger partial charge < -0.3 is 14.7 Å². The maximum atomic E-state index is 12.8. The van der Waals surface area contributed by atoms with Crippen molar-refractivity contribution in [3.05, 3.63) is 89.5 Å². The molecule has 4 rings (SSSR count). The lowest BCUT2D eigenvalue weighted by atomic mass is 9.85. The Bertz CT molecular complexity index is 1210. The van der Waals surface area contributed by atoms with E-state index in [-0.39, 0.29) is 5.97 Å². The van der Waals surface area contributed by atoms with Crippen molar-refractivity contribution in [2.75, 3.05) is 4.90 Å². The normalized spacial score (nSPS) is 17.7. The summed E-state index contributed by atoms with van der Waals surface area (Å²) < 4.78 is 5.59. The predicted molar refractivity (Wildman–Crippen MR) is 134 cm³/mol. The number of aryl methyl sites for hydroxylation is 1. The van der Waals surface area contributed by atoms with Crippen molar-refractivity contribution in [3.8, 4) is 11.1 Å². The molecule has 3 aromatic carbocycles. The van der Waals surface area contributed by atoms with Crippen molar-refractivity contribution in [2.45, 2.75) is 58.2 Å². The highest BCUT2D eigenvalue weighted by Crippen LogP contribution is 2.38. The average Bonchev–Trinajstić information content (AvgIpc) is 2.80. The van der Waals surface area contributed by atoms with Crippen LogP contribution in [0, 0.1) is 0 Å². The van der Waals surface area contributed by atoms with Gasteiger partial charge in [-0.15, -0.1) is 0 Å². The molecule has 0 amide bonds. The first-order valence-corrected chi connectivity index (χ1v) is 11.6. The number of ether oxygens (including phenoxy) is 1. The number of benzene rings is 3. The molecule has 1 aliphatic heterocycles. The van der Waals surface area contributed by atoms with Gasteiger partial charge >= 0.3 is 11.9 Å². The number of esters is 1. The third kappa shape index (κ3) is 4.69. The Kier molecular flexibility index (Phi) is 6.22. The minimum absolute atomic E-state index is 0.352. The number of anilines is 1. The molecule has 0 aliphatic carbocycles. The van der Waals surface area contributed by atoms with E-state index in [0.717, 1.165) is 28.8 Å². The lowest BCUT2D eigenvalue weighted by Gasteiger charge is -2.44. The molecule has 0 bridgehead atoms. The first kappa shape index (κ1) is 23.6. The van der Waals surface area contributed by atoms with Crippen LogP contribution in [0.1, 0.15) is 55.6 Å². The quantitative estimate of drug-likeness (QED) is 0.469. The van der Waals surface area contributed by atoms with E-state index in [1.54, 1.807) is 13.0 Å². The Labute approximate surface area is 201 Å². The third-order valence-electron chi connectivity index (χ3n) is 6.37. The summed E-state index contributed by atoms with van der Waals surface area (Å²) in [5.41, 5.74) is 3.83. The van der Waals surface area contributed by atoms with E-state index < -0.39 is 17.1 Å². The topological polar surface area (TPSA) is 66.8 Å². The van der Waals surface area contributed by atoms with Gasteiger partial charge in [0.2, 0.25) is 0 Å². The van der Waals surface area contributed by atoms with Gasteiger partial charge in [0.15, 0.2) is 0 Å². The number of hydrogen-bond donors (Lipinski definition) is 1. The first-order chi connectivity index (χ1) is 16.1. The molecular weight excluding hydrogens is 426 g/mol. The van der Waals surface area contributed by atoms with Crippen LogP contribution in [-0.2, 0) is 22.5 Å². The Hall–Kier alpha value is -3.60. The van der Waals surface area contributed by atoms with E-state index in [9.17, 15) is 14.7 Å². The number of fused-ring (bicyclic) bond motifs is 1. The van der Waals surface area contributed by atoms with E-state index >= 15 is 0 Å². The molecule has 0 fully saturated rings. The standard InChI is InChI=1S/C29H31NO4/c1-28(2,3)34-26(31)24-11-7-6-10-23(24)21-15-13-20(14-16-21)19-30-25-12-8-5-9-22(25)17-18-29(30,4)27(32)33/h5-16H,17-19H2,1-4H3,(H,32,33). The maximum Gasteiger partial charge on any atom is 0.339 e. The summed E-state index contributed by atoms with van der Waals surface area (Å²) in [6.07, 6.45) is 1.30. The zero-order valence-electron chi connectivity index (χ0n) is 20.2. The SMILES string of the molecule is CC(C)(C)OC(=O)c1ccccc1-c1ccc(CN2c3ccccc3CCC2(C)C(=O)O)cc1. The van der Waals surface area contributed by atoms with Crippen LogP contribution in [0.15, 0.2) is 72.8 Å². The third-order valence-corrected chi connectivity index (χ3v) is 6.37. The Morgan fingerprint density at radius 1 is 0.971 bits per heavy atom. The van der Waals surface area contributed by atoms with Gasteiger partial charge in [0.1, 0.15) is 11.1 Å². The maximum absolute atomic E-state index is 12.8. The van der Waals surface area contributed by atoms with Gasteiger partial charge in [-0.05, 0) is 74.9 Å². The number of carboxylic acid groups (broad SMARTS) is 1. The molecule has 34 heavy (non-hydrogen) atoms. The van der Waals surface area contributed by atoms with Crippen LogP contribution < -0.4 is 4.90 Å². The molecule has 0 spiro atoms. The van der Waals surface area contributed by atoms with Crippen LogP contribution in [-0.4, -0.2) is 28.2 Å². The second kappa shape index (κ2) is 8.98. The van der Waals surface area contributed by atoms with Gasteiger partial charge in [-0.25, -0.2) is 9.59 Å². The van der Waals surface area contributed by atoms with Gasteiger partial charge in [0.25, 0.3) is 0 Å². The van der Waals surface area contributed by atoms with E-state index in [0.29, 0.717) is 18.5 Å². The highest BCUT2D eigenvalue weighted by molar-refractivity contribution is 5.97. The molecule has 5 heteroatoms. The molecule has 3 aromatic rings. The summed E-state index contributed by atoms with van der Waals surface area (Å²) in [4.78, 5) is 27.0. The van der Waals surface area contributed by atoms with Crippen molar-refractivity contribution in [1.82, 2.24) is 0 Å². The van der Waals surface area contributed by atoms with Crippen molar-refractivity contribution in [2.24, 2.45) is 0 Å². The van der Waals surface area contributed by atoms with Crippen LogP contribution in [0.5, 0.6) is 0 Å². The predicted octanol–water partition coefficient (Wildman–Crippen LogP) is 6.11. The average molecular weight is 458 g/mol. The minimum Gasteiger partial charge on any atom is -0.480 e. The second-order valence-electron chi connectivity index (χ2n) is 10.0. The van der Waals surface area contributed by atoms with Crippen molar-refractivity contribution >= 4 is 17.6 Å². The van der Waals surface area contributed by atoms with E-state index in [1.165, 1.54) is 5.56 Å². The largest absolute Gasteiger partial charge is 0.480 e. The zero-order valence-corrected chi connectivity index (χ0v) is 20.2. The van der Waals surface area contributed by atoms with Crippen molar-refractivity contribution in [1.29, 1.82) is 0 Å².